The zero-order chi connectivity index (χ0) is 13.2. The minimum absolute atomic E-state index is 0.0866. The van der Waals surface area contributed by atoms with Gasteiger partial charge in [-0.25, -0.2) is 4.79 Å². The highest BCUT2D eigenvalue weighted by atomic mass is 35.5. The third kappa shape index (κ3) is 4.32. The number of hydrogen-bond donors (Lipinski definition) is 3. The number of phenols is 1. The number of amides is 2. The Morgan fingerprint density at radius 2 is 1.88 bits per heavy atom. The number of carbonyl (C=O) groups is 1. The molecule has 0 heterocycles. The Balaban J connectivity index is 2.85. The predicted molar refractivity (Wildman–Crippen MR) is 70.0 cm³/mol. The summed E-state index contributed by atoms with van der Waals surface area (Å²) in [7, 11) is 0. The number of urea groups is 1. The van der Waals surface area contributed by atoms with E-state index >= 15 is 0 Å². The van der Waals surface area contributed by atoms with Crippen LogP contribution < -0.4 is 10.6 Å². The van der Waals surface area contributed by atoms with Crippen LogP contribution in [0.5, 0.6) is 5.75 Å². The topological polar surface area (TPSA) is 61.4 Å². The Kier molecular flexibility index (Phi) is 4.11. The van der Waals surface area contributed by atoms with Crippen molar-refractivity contribution in [1.82, 2.24) is 5.32 Å². The Morgan fingerprint density at radius 1 is 1.29 bits per heavy atom. The van der Waals surface area contributed by atoms with Gasteiger partial charge >= 0.3 is 6.03 Å². The van der Waals surface area contributed by atoms with E-state index in [1.54, 1.807) is 0 Å². The summed E-state index contributed by atoms with van der Waals surface area (Å²) >= 11 is 11.5. The molecule has 0 aromatic heterocycles. The number of carbonyl (C=O) groups excluding carboxylic acids is 1. The quantitative estimate of drug-likeness (QED) is 0.686. The van der Waals surface area contributed by atoms with Crippen LogP contribution in [-0.2, 0) is 0 Å². The van der Waals surface area contributed by atoms with Crippen molar-refractivity contribution in [3.8, 4) is 5.75 Å². The number of anilines is 1. The van der Waals surface area contributed by atoms with Crippen molar-refractivity contribution in [3.05, 3.63) is 22.2 Å². The second-order valence-electron chi connectivity index (χ2n) is 4.61. The van der Waals surface area contributed by atoms with Gasteiger partial charge in [0, 0.05) is 10.6 Å². The molecule has 0 aliphatic rings. The molecule has 1 aromatic carbocycles. The lowest BCUT2D eigenvalue weighted by Gasteiger charge is -2.21. The van der Waals surface area contributed by atoms with E-state index in [1.165, 1.54) is 12.1 Å². The fourth-order valence-corrected chi connectivity index (χ4v) is 1.65. The molecule has 2 amide bonds. The van der Waals surface area contributed by atoms with Gasteiger partial charge in [-0.3, -0.25) is 0 Å². The second-order valence-corrected chi connectivity index (χ2v) is 5.46. The van der Waals surface area contributed by atoms with Gasteiger partial charge in [0.05, 0.1) is 10.7 Å². The van der Waals surface area contributed by atoms with E-state index in [1.807, 2.05) is 20.8 Å². The van der Waals surface area contributed by atoms with Gasteiger partial charge in [-0.2, -0.15) is 0 Å². The van der Waals surface area contributed by atoms with Crippen LogP contribution in [0.2, 0.25) is 10.0 Å². The van der Waals surface area contributed by atoms with Crippen LogP contribution in [0.1, 0.15) is 20.8 Å². The molecule has 1 aromatic rings. The Hall–Kier alpha value is -1.13. The molecule has 3 N–H and O–H groups in total. The van der Waals surface area contributed by atoms with Crippen LogP contribution in [0, 0.1) is 0 Å². The molecule has 0 saturated heterocycles. The largest absolute Gasteiger partial charge is 0.504 e. The number of aromatic hydroxyl groups is 1. The van der Waals surface area contributed by atoms with E-state index in [0.717, 1.165) is 0 Å². The van der Waals surface area contributed by atoms with Crippen molar-refractivity contribution in [3.63, 3.8) is 0 Å². The molecule has 0 fully saturated rings. The van der Waals surface area contributed by atoms with E-state index in [9.17, 15) is 9.90 Å². The molecular formula is C11H14Cl2N2O2. The molecule has 0 atom stereocenters. The molecular weight excluding hydrogens is 263 g/mol. The number of benzene rings is 1. The first-order chi connectivity index (χ1) is 7.69. The highest BCUT2D eigenvalue weighted by molar-refractivity contribution is 6.36. The molecule has 1 rings (SSSR count). The lowest BCUT2D eigenvalue weighted by atomic mass is 10.1. The van der Waals surface area contributed by atoms with Crippen molar-refractivity contribution in [2.75, 3.05) is 5.32 Å². The van der Waals surface area contributed by atoms with Crippen LogP contribution in [0.3, 0.4) is 0 Å². The summed E-state index contributed by atoms with van der Waals surface area (Å²) in [6, 6.07) is 2.38. The Morgan fingerprint density at radius 3 is 2.41 bits per heavy atom. The highest BCUT2D eigenvalue weighted by Crippen LogP contribution is 2.34. The van der Waals surface area contributed by atoms with Gasteiger partial charge in [-0.1, -0.05) is 23.2 Å². The van der Waals surface area contributed by atoms with Crippen molar-refractivity contribution >= 4 is 34.9 Å². The lowest BCUT2D eigenvalue weighted by Crippen LogP contribution is -2.43. The van der Waals surface area contributed by atoms with E-state index < -0.39 is 6.03 Å². The molecule has 0 unspecified atom stereocenters. The zero-order valence-electron chi connectivity index (χ0n) is 9.77. The smallest absolute Gasteiger partial charge is 0.319 e. The summed E-state index contributed by atoms with van der Waals surface area (Å²) in [4.78, 5) is 11.6. The Labute approximate surface area is 110 Å². The average molecular weight is 277 g/mol. The van der Waals surface area contributed by atoms with Gasteiger partial charge in [0.1, 0.15) is 0 Å². The number of phenolic OH excluding ortho intramolecular Hbond substituents is 1. The lowest BCUT2D eigenvalue weighted by molar-refractivity contribution is 0.243. The number of nitrogens with one attached hydrogen (secondary N) is 2. The van der Waals surface area contributed by atoms with Gasteiger partial charge in [0.15, 0.2) is 5.75 Å². The van der Waals surface area contributed by atoms with Gasteiger partial charge < -0.3 is 15.7 Å². The summed E-state index contributed by atoms with van der Waals surface area (Å²) < 4.78 is 0. The van der Waals surface area contributed by atoms with Crippen LogP contribution in [-0.4, -0.2) is 16.7 Å². The number of rotatable bonds is 1. The number of halogens is 2. The molecule has 6 heteroatoms. The van der Waals surface area contributed by atoms with Crippen LogP contribution in [0.15, 0.2) is 12.1 Å². The second kappa shape index (κ2) is 5.02. The molecule has 0 spiro atoms. The Bertz CT molecular complexity index is 442. The summed E-state index contributed by atoms with van der Waals surface area (Å²) in [6.45, 7) is 5.53. The van der Waals surface area contributed by atoms with Crippen molar-refractivity contribution < 1.29 is 9.90 Å². The van der Waals surface area contributed by atoms with Crippen LogP contribution >= 0.6 is 23.2 Å². The summed E-state index contributed by atoms with van der Waals surface area (Å²) in [5, 5.41) is 15.2. The van der Waals surface area contributed by atoms with Gasteiger partial charge in [0.2, 0.25) is 0 Å². The first kappa shape index (κ1) is 13.9. The number of hydrogen-bond acceptors (Lipinski definition) is 2. The molecule has 0 aliphatic carbocycles. The van der Waals surface area contributed by atoms with Gasteiger partial charge in [-0.05, 0) is 32.9 Å². The van der Waals surface area contributed by atoms with Crippen molar-refractivity contribution in [2.45, 2.75) is 26.3 Å². The first-order valence-corrected chi connectivity index (χ1v) is 5.72. The molecule has 0 saturated carbocycles. The molecule has 0 radical (unpaired) electrons. The van der Waals surface area contributed by atoms with E-state index in [0.29, 0.717) is 5.02 Å². The third-order valence-electron chi connectivity index (χ3n) is 1.76. The van der Waals surface area contributed by atoms with Gasteiger partial charge in [-0.15, -0.1) is 0 Å². The molecule has 0 aliphatic heterocycles. The summed E-state index contributed by atoms with van der Waals surface area (Å²) in [6.07, 6.45) is 0. The minimum atomic E-state index is -0.439. The maximum absolute atomic E-state index is 11.6. The van der Waals surface area contributed by atoms with E-state index in [2.05, 4.69) is 10.6 Å². The van der Waals surface area contributed by atoms with E-state index in [-0.39, 0.29) is 22.0 Å². The summed E-state index contributed by atoms with van der Waals surface area (Å²) in [5.74, 6) is -0.208. The minimum Gasteiger partial charge on any atom is -0.504 e. The molecule has 4 nitrogen and oxygen atoms in total. The first-order valence-electron chi connectivity index (χ1n) is 4.96. The van der Waals surface area contributed by atoms with E-state index in [4.69, 9.17) is 23.2 Å². The fraction of sp³-hybridized carbons (Fsp3) is 0.364. The molecule has 17 heavy (non-hydrogen) atoms. The van der Waals surface area contributed by atoms with Gasteiger partial charge in [0.25, 0.3) is 0 Å². The predicted octanol–water partition coefficient (Wildman–Crippen LogP) is 3.62. The zero-order valence-corrected chi connectivity index (χ0v) is 11.3. The molecule has 94 valence electrons. The molecule has 0 bridgehead atoms. The summed E-state index contributed by atoms with van der Waals surface area (Å²) in [5.41, 5.74) is -0.202. The van der Waals surface area contributed by atoms with Crippen LogP contribution in [0.25, 0.3) is 0 Å². The van der Waals surface area contributed by atoms with Crippen molar-refractivity contribution in [2.24, 2.45) is 0 Å². The monoisotopic (exact) mass is 276 g/mol. The average Bonchev–Trinajstić information content (AvgIpc) is 2.10. The maximum atomic E-state index is 11.6. The SMILES string of the molecule is CC(C)(C)NC(=O)Nc1cc(Cl)cc(Cl)c1O. The highest BCUT2D eigenvalue weighted by Gasteiger charge is 2.16. The van der Waals surface area contributed by atoms with Crippen molar-refractivity contribution in [1.29, 1.82) is 0 Å². The normalized spacial score (nSPS) is 11.1. The fourth-order valence-electron chi connectivity index (χ4n) is 1.16. The standard InChI is InChI=1S/C11H14Cl2N2O2/c1-11(2,3)15-10(17)14-8-5-6(12)4-7(13)9(8)16/h4-5,16H,1-3H3,(H2,14,15,17). The maximum Gasteiger partial charge on any atom is 0.319 e. The third-order valence-corrected chi connectivity index (χ3v) is 2.27. The van der Waals surface area contributed by atoms with Crippen LogP contribution in [0.4, 0.5) is 10.5 Å².